The SMILES string of the molecule is O=c1[nH][nH]cc1C=Nc1cc(Cl)cc(Cl)c1. The molecule has 2 rings (SSSR count). The maximum absolute atomic E-state index is 11.1. The van der Waals surface area contributed by atoms with Crippen LogP contribution >= 0.6 is 23.2 Å². The van der Waals surface area contributed by atoms with Crippen molar-refractivity contribution < 1.29 is 0 Å². The van der Waals surface area contributed by atoms with Gasteiger partial charge in [0.05, 0.1) is 11.3 Å². The van der Waals surface area contributed by atoms with E-state index in [9.17, 15) is 4.79 Å². The van der Waals surface area contributed by atoms with E-state index in [4.69, 9.17) is 23.2 Å². The summed E-state index contributed by atoms with van der Waals surface area (Å²) in [7, 11) is 0. The molecule has 0 aliphatic rings. The molecule has 0 spiro atoms. The fourth-order valence-corrected chi connectivity index (χ4v) is 1.69. The van der Waals surface area contributed by atoms with Gasteiger partial charge in [0.1, 0.15) is 0 Å². The van der Waals surface area contributed by atoms with Crippen molar-refractivity contribution >= 4 is 35.1 Å². The molecule has 0 fully saturated rings. The van der Waals surface area contributed by atoms with Crippen LogP contribution in [0.15, 0.2) is 34.2 Å². The van der Waals surface area contributed by atoms with E-state index in [1.807, 2.05) is 0 Å². The Bertz CT molecular complexity index is 565. The maximum atomic E-state index is 11.1. The number of rotatable bonds is 2. The fraction of sp³-hybridized carbons (Fsp3) is 0. The van der Waals surface area contributed by atoms with E-state index in [1.165, 1.54) is 12.4 Å². The average Bonchev–Trinajstić information content (AvgIpc) is 2.59. The lowest BCUT2D eigenvalue weighted by molar-refractivity contribution is 1.06. The van der Waals surface area contributed by atoms with Gasteiger partial charge in [-0.05, 0) is 18.2 Å². The van der Waals surface area contributed by atoms with Gasteiger partial charge in [0.15, 0.2) is 0 Å². The maximum Gasteiger partial charge on any atom is 0.272 e. The molecule has 0 atom stereocenters. The van der Waals surface area contributed by atoms with Gasteiger partial charge in [-0.3, -0.25) is 14.9 Å². The van der Waals surface area contributed by atoms with E-state index < -0.39 is 0 Å². The zero-order chi connectivity index (χ0) is 11.5. The summed E-state index contributed by atoms with van der Waals surface area (Å²) >= 11 is 11.6. The van der Waals surface area contributed by atoms with E-state index in [-0.39, 0.29) is 5.56 Å². The molecule has 0 aliphatic heterocycles. The van der Waals surface area contributed by atoms with E-state index in [2.05, 4.69) is 15.2 Å². The van der Waals surface area contributed by atoms with Gasteiger partial charge in [-0.1, -0.05) is 23.2 Å². The number of halogens is 2. The van der Waals surface area contributed by atoms with Crippen molar-refractivity contribution in [1.82, 2.24) is 10.2 Å². The second kappa shape index (κ2) is 4.55. The molecule has 1 aromatic heterocycles. The van der Waals surface area contributed by atoms with Gasteiger partial charge in [-0.25, -0.2) is 0 Å². The van der Waals surface area contributed by atoms with Crippen molar-refractivity contribution in [2.24, 2.45) is 4.99 Å². The smallest absolute Gasteiger partial charge is 0.272 e. The van der Waals surface area contributed by atoms with Gasteiger partial charge >= 0.3 is 0 Å². The van der Waals surface area contributed by atoms with E-state index in [1.54, 1.807) is 18.2 Å². The fourth-order valence-electron chi connectivity index (χ4n) is 1.17. The molecule has 0 aliphatic carbocycles. The predicted molar refractivity (Wildman–Crippen MR) is 65.1 cm³/mol. The van der Waals surface area contributed by atoms with Gasteiger partial charge in [0.25, 0.3) is 5.56 Å². The summed E-state index contributed by atoms with van der Waals surface area (Å²) in [5, 5.41) is 5.98. The van der Waals surface area contributed by atoms with Crippen molar-refractivity contribution in [3.8, 4) is 0 Å². The highest BCUT2D eigenvalue weighted by Crippen LogP contribution is 2.24. The quantitative estimate of drug-likeness (QED) is 0.797. The molecule has 1 aromatic carbocycles. The first-order chi connectivity index (χ1) is 7.65. The van der Waals surface area contributed by atoms with Crippen LogP contribution in [0.3, 0.4) is 0 Å². The van der Waals surface area contributed by atoms with Crippen LogP contribution in [0, 0.1) is 0 Å². The lowest BCUT2D eigenvalue weighted by Crippen LogP contribution is -2.03. The van der Waals surface area contributed by atoms with Crippen LogP contribution < -0.4 is 5.56 Å². The van der Waals surface area contributed by atoms with E-state index in [0.29, 0.717) is 21.3 Å². The third kappa shape index (κ3) is 2.53. The summed E-state index contributed by atoms with van der Waals surface area (Å²) < 4.78 is 0. The van der Waals surface area contributed by atoms with Crippen LogP contribution in [0.4, 0.5) is 5.69 Å². The van der Waals surface area contributed by atoms with Gasteiger partial charge in [-0.2, -0.15) is 0 Å². The molecular formula is C10H7Cl2N3O. The summed E-state index contributed by atoms with van der Waals surface area (Å²) in [5.41, 5.74) is 0.811. The molecule has 0 saturated heterocycles. The standard InChI is InChI=1S/C10H7Cl2N3O/c11-7-1-8(12)3-9(2-7)13-4-6-5-14-15-10(6)16/h1-5H,(H2,14,15,16). The highest BCUT2D eigenvalue weighted by atomic mass is 35.5. The van der Waals surface area contributed by atoms with Gasteiger partial charge in [0.2, 0.25) is 0 Å². The summed E-state index contributed by atoms with van der Waals surface area (Å²) in [4.78, 5) is 15.2. The topological polar surface area (TPSA) is 61.0 Å². The Morgan fingerprint density at radius 2 is 1.88 bits per heavy atom. The molecule has 0 saturated carbocycles. The number of nitrogens with zero attached hydrogens (tertiary/aromatic N) is 1. The highest BCUT2D eigenvalue weighted by Gasteiger charge is 1.98. The van der Waals surface area contributed by atoms with Crippen LogP contribution in [0.25, 0.3) is 0 Å². The van der Waals surface area contributed by atoms with Crippen LogP contribution in [-0.4, -0.2) is 16.4 Å². The normalized spacial score (nSPS) is 11.1. The number of H-pyrrole nitrogens is 2. The Balaban J connectivity index is 2.30. The van der Waals surface area contributed by atoms with Crippen molar-refractivity contribution in [3.05, 3.63) is 50.4 Å². The van der Waals surface area contributed by atoms with Gasteiger partial charge in [0, 0.05) is 22.5 Å². The van der Waals surface area contributed by atoms with Crippen LogP contribution in [-0.2, 0) is 0 Å². The minimum atomic E-state index is -0.225. The number of hydrogen-bond acceptors (Lipinski definition) is 2. The molecule has 0 unspecified atom stereocenters. The number of nitrogens with one attached hydrogen (secondary N) is 2. The van der Waals surface area contributed by atoms with Crippen LogP contribution in [0.5, 0.6) is 0 Å². The molecule has 6 heteroatoms. The van der Waals surface area contributed by atoms with Crippen LogP contribution in [0.2, 0.25) is 10.0 Å². The van der Waals surface area contributed by atoms with Gasteiger partial charge < -0.3 is 5.10 Å². The van der Waals surface area contributed by atoms with E-state index in [0.717, 1.165) is 0 Å². The van der Waals surface area contributed by atoms with Crippen LogP contribution in [0.1, 0.15) is 5.56 Å². The van der Waals surface area contributed by atoms with Gasteiger partial charge in [-0.15, -0.1) is 0 Å². The predicted octanol–water partition coefficient (Wildman–Crippen LogP) is 2.76. The van der Waals surface area contributed by atoms with Crippen molar-refractivity contribution in [2.45, 2.75) is 0 Å². The number of aromatic nitrogens is 2. The average molecular weight is 256 g/mol. The second-order valence-corrected chi connectivity index (χ2v) is 3.96. The number of aliphatic imine (C=N–C) groups is 1. The molecule has 0 amide bonds. The Kier molecular flexibility index (Phi) is 3.12. The third-order valence-corrected chi connectivity index (χ3v) is 2.31. The second-order valence-electron chi connectivity index (χ2n) is 3.08. The molecule has 2 aromatic rings. The summed E-state index contributed by atoms with van der Waals surface area (Å²) in [5.74, 6) is 0. The first kappa shape index (κ1) is 11.0. The lowest BCUT2D eigenvalue weighted by Gasteiger charge is -1.95. The molecule has 0 bridgehead atoms. The third-order valence-electron chi connectivity index (χ3n) is 1.88. The Morgan fingerprint density at radius 1 is 1.19 bits per heavy atom. The number of benzene rings is 1. The molecule has 16 heavy (non-hydrogen) atoms. The summed E-state index contributed by atoms with van der Waals surface area (Å²) in [6.45, 7) is 0. The molecular weight excluding hydrogens is 249 g/mol. The Morgan fingerprint density at radius 3 is 2.44 bits per heavy atom. The van der Waals surface area contributed by atoms with Crippen molar-refractivity contribution in [3.63, 3.8) is 0 Å². The Hall–Kier alpha value is -1.52. The van der Waals surface area contributed by atoms with Crippen molar-refractivity contribution in [1.29, 1.82) is 0 Å². The zero-order valence-corrected chi connectivity index (χ0v) is 9.51. The summed E-state index contributed by atoms with van der Waals surface area (Å²) in [6, 6.07) is 4.93. The van der Waals surface area contributed by atoms with E-state index >= 15 is 0 Å². The first-order valence-corrected chi connectivity index (χ1v) is 5.17. The monoisotopic (exact) mass is 255 g/mol. The molecule has 2 N–H and O–H groups in total. The summed E-state index contributed by atoms with van der Waals surface area (Å²) in [6.07, 6.45) is 2.97. The van der Waals surface area contributed by atoms with Crippen molar-refractivity contribution in [2.75, 3.05) is 0 Å². The number of hydrogen-bond donors (Lipinski definition) is 2. The molecule has 1 heterocycles. The lowest BCUT2D eigenvalue weighted by atomic mass is 10.3. The zero-order valence-electron chi connectivity index (χ0n) is 8.00. The Labute approximate surface area is 101 Å². The minimum Gasteiger partial charge on any atom is -0.305 e. The highest BCUT2D eigenvalue weighted by molar-refractivity contribution is 6.35. The molecule has 82 valence electrons. The minimum absolute atomic E-state index is 0.225. The molecule has 0 radical (unpaired) electrons. The number of aromatic amines is 2. The molecule has 4 nitrogen and oxygen atoms in total. The first-order valence-electron chi connectivity index (χ1n) is 4.41. The largest absolute Gasteiger partial charge is 0.305 e.